The van der Waals surface area contributed by atoms with Gasteiger partial charge in [0.25, 0.3) is 0 Å². The molecule has 0 unspecified atom stereocenters. The van der Waals surface area contributed by atoms with Crippen LogP contribution in [0.25, 0.3) is 6.08 Å². The normalized spacial score (nSPS) is 14.2. The number of carbonyl (C=O) groups excluding carboxylic acids is 1. The minimum atomic E-state index is -0.0647. The summed E-state index contributed by atoms with van der Waals surface area (Å²) in [6.45, 7) is 2.18. The van der Waals surface area contributed by atoms with E-state index in [-0.39, 0.29) is 5.78 Å². The van der Waals surface area contributed by atoms with E-state index in [0.717, 1.165) is 13.1 Å². The van der Waals surface area contributed by atoms with Gasteiger partial charge in [-0.05, 0) is 55.7 Å². The minimum absolute atomic E-state index is 0.0647. The molecule has 3 rings (SSSR count). The monoisotopic (exact) mass is 381 g/mol. The van der Waals surface area contributed by atoms with Crippen molar-refractivity contribution < 1.29 is 19.0 Å². The second-order valence-electron chi connectivity index (χ2n) is 6.74. The van der Waals surface area contributed by atoms with Gasteiger partial charge in [0.15, 0.2) is 5.78 Å². The Kier molecular flexibility index (Phi) is 6.58. The molecule has 28 heavy (non-hydrogen) atoms. The maximum Gasteiger partial charge on any atom is 0.185 e. The predicted octanol–water partition coefficient (Wildman–Crippen LogP) is 4.60. The summed E-state index contributed by atoms with van der Waals surface area (Å²) in [6, 6.07) is 11.4. The summed E-state index contributed by atoms with van der Waals surface area (Å²) in [5.41, 5.74) is 2.53. The number of allylic oxidation sites excluding steroid dienone is 1. The maximum atomic E-state index is 12.6. The molecule has 0 aliphatic carbocycles. The number of nitrogens with zero attached hydrogens (tertiary/aromatic N) is 1. The summed E-state index contributed by atoms with van der Waals surface area (Å²) in [5.74, 6) is 1.73. The number of hydrogen-bond acceptors (Lipinski definition) is 5. The first kappa shape index (κ1) is 19.8. The number of ether oxygens (including phenoxy) is 3. The van der Waals surface area contributed by atoms with Crippen molar-refractivity contribution in [2.24, 2.45) is 0 Å². The summed E-state index contributed by atoms with van der Waals surface area (Å²) in [7, 11) is 4.74. The van der Waals surface area contributed by atoms with Crippen LogP contribution in [0.5, 0.6) is 17.2 Å². The summed E-state index contributed by atoms with van der Waals surface area (Å²) in [6.07, 6.45) is 7.03. The molecule has 148 valence electrons. The molecule has 0 bridgehead atoms. The molecule has 1 aliphatic rings. The van der Waals surface area contributed by atoms with Crippen LogP contribution in [-0.2, 0) is 0 Å². The molecule has 1 fully saturated rings. The van der Waals surface area contributed by atoms with Crippen molar-refractivity contribution in [3.05, 3.63) is 53.6 Å². The molecule has 0 saturated carbocycles. The van der Waals surface area contributed by atoms with Gasteiger partial charge >= 0.3 is 0 Å². The molecule has 1 saturated heterocycles. The fourth-order valence-electron chi connectivity index (χ4n) is 3.44. The predicted molar refractivity (Wildman–Crippen MR) is 112 cm³/mol. The van der Waals surface area contributed by atoms with E-state index < -0.39 is 0 Å². The Hall–Kier alpha value is -2.95. The van der Waals surface area contributed by atoms with Crippen molar-refractivity contribution >= 4 is 17.5 Å². The third kappa shape index (κ3) is 4.47. The van der Waals surface area contributed by atoms with Crippen LogP contribution in [-0.4, -0.2) is 40.2 Å². The third-order valence-electron chi connectivity index (χ3n) is 5.03. The van der Waals surface area contributed by atoms with Crippen LogP contribution in [0.3, 0.4) is 0 Å². The molecule has 2 aromatic carbocycles. The Bertz CT molecular complexity index is 811. The van der Waals surface area contributed by atoms with Crippen molar-refractivity contribution in [1.82, 2.24) is 0 Å². The average Bonchev–Trinajstić information content (AvgIpc) is 2.77. The Labute approximate surface area is 166 Å². The van der Waals surface area contributed by atoms with E-state index in [9.17, 15) is 4.79 Å². The second kappa shape index (κ2) is 9.31. The smallest absolute Gasteiger partial charge is 0.185 e. The Morgan fingerprint density at radius 3 is 2.04 bits per heavy atom. The van der Waals surface area contributed by atoms with Crippen molar-refractivity contribution in [1.29, 1.82) is 0 Å². The molecule has 1 heterocycles. The number of benzene rings is 2. The van der Waals surface area contributed by atoms with Crippen LogP contribution < -0.4 is 19.1 Å². The van der Waals surface area contributed by atoms with Gasteiger partial charge in [0.1, 0.15) is 17.2 Å². The van der Waals surface area contributed by atoms with E-state index >= 15 is 0 Å². The van der Waals surface area contributed by atoms with Gasteiger partial charge in [0.05, 0.1) is 26.9 Å². The lowest BCUT2D eigenvalue weighted by Gasteiger charge is -2.28. The molecule has 5 heteroatoms. The molecule has 0 N–H and O–H groups in total. The molecule has 0 atom stereocenters. The number of anilines is 1. The highest BCUT2D eigenvalue weighted by molar-refractivity contribution is 6.07. The molecule has 0 radical (unpaired) electrons. The van der Waals surface area contributed by atoms with Crippen molar-refractivity contribution in [2.45, 2.75) is 19.3 Å². The van der Waals surface area contributed by atoms with Gasteiger partial charge in [-0.25, -0.2) is 0 Å². The number of ketones is 1. The van der Waals surface area contributed by atoms with Gasteiger partial charge in [-0.3, -0.25) is 4.79 Å². The standard InChI is InChI=1S/C23H27NO4/c1-26-19-15-22(27-2)20(23(16-19)28-3)11-12-21(25)17-7-9-18(10-8-17)24-13-5-4-6-14-24/h7-12,15-16H,4-6,13-14H2,1-3H3. The Morgan fingerprint density at radius 2 is 1.50 bits per heavy atom. The number of carbonyl (C=O) groups is 1. The molecular weight excluding hydrogens is 354 g/mol. The topological polar surface area (TPSA) is 48.0 Å². The van der Waals surface area contributed by atoms with E-state index in [0.29, 0.717) is 28.4 Å². The largest absolute Gasteiger partial charge is 0.496 e. The fourth-order valence-corrected chi connectivity index (χ4v) is 3.44. The molecular formula is C23H27NO4. The number of piperidine rings is 1. The zero-order valence-electron chi connectivity index (χ0n) is 16.7. The van der Waals surface area contributed by atoms with Crippen molar-refractivity contribution in [3.8, 4) is 17.2 Å². The number of hydrogen-bond donors (Lipinski definition) is 0. The summed E-state index contributed by atoms with van der Waals surface area (Å²) < 4.78 is 16.1. The Balaban J connectivity index is 1.78. The summed E-state index contributed by atoms with van der Waals surface area (Å²) >= 11 is 0. The Morgan fingerprint density at radius 1 is 0.893 bits per heavy atom. The minimum Gasteiger partial charge on any atom is -0.496 e. The molecule has 5 nitrogen and oxygen atoms in total. The third-order valence-corrected chi connectivity index (χ3v) is 5.03. The van der Waals surface area contributed by atoms with Crippen LogP contribution in [0.15, 0.2) is 42.5 Å². The fraction of sp³-hybridized carbons (Fsp3) is 0.348. The van der Waals surface area contributed by atoms with Crippen LogP contribution in [0.1, 0.15) is 35.2 Å². The lowest BCUT2D eigenvalue weighted by Crippen LogP contribution is -2.29. The highest BCUT2D eigenvalue weighted by Gasteiger charge is 2.13. The van der Waals surface area contributed by atoms with Gasteiger partial charge in [0.2, 0.25) is 0 Å². The van der Waals surface area contributed by atoms with E-state index in [1.807, 2.05) is 24.3 Å². The van der Waals surface area contributed by atoms with Crippen molar-refractivity contribution in [2.75, 3.05) is 39.3 Å². The summed E-state index contributed by atoms with van der Waals surface area (Å²) in [5, 5.41) is 0. The molecule has 0 amide bonds. The van der Waals surface area contributed by atoms with Crippen LogP contribution in [0, 0.1) is 0 Å². The van der Waals surface area contributed by atoms with Crippen molar-refractivity contribution in [3.63, 3.8) is 0 Å². The summed E-state index contributed by atoms with van der Waals surface area (Å²) in [4.78, 5) is 15.0. The first-order valence-electron chi connectivity index (χ1n) is 9.53. The zero-order valence-corrected chi connectivity index (χ0v) is 16.7. The van der Waals surface area contributed by atoms with Gasteiger partial charge < -0.3 is 19.1 Å². The lowest BCUT2D eigenvalue weighted by molar-refractivity contribution is 0.104. The highest BCUT2D eigenvalue weighted by atomic mass is 16.5. The van der Waals surface area contributed by atoms with Gasteiger partial charge in [-0.15, -0.1) is 0 Å². The highest BCUT2D eigenvalue weighted by Crippen LogP contribution is 2.35. The van der Waals surface area contributed by atoms with E-state index in [2.05, 4.69) is 4.90 Å². The van der Waals surface area contributed by atoms with Gasteiger partial charge in [-0.2, -0.15) is 0 Å². The quantitative estimate of drug-likeness (QED) is 0.518. The lowest BCUT2D eigenvalue weighted by atomic mass is 10.1. The first-order chi connectivity index (χ1) is 13.7. The maximum absolute atomic E-state index is 12.6. The molecule has 0 aromatic heterocycles. The number of rotatable bonds is 7. The molecule has 0 spiro atoms. The van der Waals surface area contributed by atoms with Gasteiger partial charge in [0, 0.05) is 36.5 Å². The van der Waals surface area contributed by atoms with E-state index in [1.165, 1.54) is 24.9 Å². The van der Waals surface area contributed by atoms with Crippen LogP contribution in [0.4, 0.5) is 5.69 Å². The van der Waals surface area contributed by atoms with Crippen LogP contribution in [0.2, 0.25) is 0 Å². The SMILES string of the molecule is COc1cc(OC)c(C=CC(=O)c2ccc(N3CCCCC3)cc2)c(OC)c1. The number of methoxy groups -OCH3 is 3. The first-order valence-corrected chi connectivity index (χ1v) is 9.53. The molecule has 2 aromatic rings. The average molecular weight is 381 g/mol. The molecule has 1 aliphatic heterocycles. The van der Waals surface area contributed by atoms with Crippen LogP contribution >= 0.6 is 0 Å². The van der Waals surface area contributed by atoms with E-state index in [4.69, 9.17) is 14.2 Å². The zero-order chi connectivity index (χ0) is 19.9. The second-order valence-corrected chi connectivity index (χ2v) is 6.74. The van der Waals surface area contributed by atoms with E-state index in [1.54, 1.807) is 45.6 Å². The van der Waals surface area contributed by atoms with Gasteiger partial charge in [-0.1, -0.05) is 0 Å².